The first-order valence-corrected chi connectivity index (χ1v) is 3.94. The Kier molecular flexibility index (Phi) is 5.05. The fourth-order valence-corrected chi connectivity index (χ4v) is 0.928. The number of hydrogen-bond donors (Lipinski definition) is 2. The monoisotopic (exact) mass is 203 g/mol. The molecule has 0 amide bonds. The number of methoxy groups -OCH3 is 1. The standard InChI is InChI=1S/C7H12N2O.HNO3/c1-4-6-7(10-3)9-5(2)8-6;2-1(3)4/h4H2,1-3H3,(H,8,9);(H,2,3,4). The summed E-state index contributed by atoms with van der Waals surface area (Å²) in [5, 5.41) is 13.6. The van der Waals surface area contributed by atoms with Gasteiger partial charge in [-0.2, -0.15) is 4.98 Å². The molecule has 80 valence electrons. The largest absolute Gasteiger partial charge is 0.480 e. The first-order chi connectivity index (χ1) is 6.51. The summed E-state index contributed by atoms with van der Waals surface area (Å²) in [4.78, 5) is 15.6. The summed E-state index contributed by atoms with van der Waals surface area (Å²) in [6.45, 7) is 3.98. The third-order valence-corrected chi connectivity index (χ3v) is 1.41. The second kappa shape index (κ2) is 5.79. The van der Waals surface area contributed by atoms with Crippen molar-refractivity contribution in [2.24, 2.45) is 0 Å². The lowest BCUT2D eigenvalue weighted by Gasteiger charge is -1.94. The van der Waals surface area contributed by atoms with E-state index in [1.54, 1.807) is 7.11 Å². The quantitative estimate of drug-likeness (QED) is 0.550. The van der Waals surface area contributed by atoms with Crippen LogP contribution in [0.4, 0.5) is 0 Å². The molecule has 0 aromatic carbocycles. The van der Waals surface area contributed by atoms with Gasteiger partial charge in [0, 0.05) is 0 Å². The molecular formula is C7H13N3O4. The second-order valence-corrected chi connectivity index (χ2v) is 2.40. The first kappa shape index (κ1) is 12.2. The Labute approximate surface area is 80.8 Å². The van der Waals surface area contributed by atoms with E-state index < -0.39 is 5.09 Å². The lowest BCUT2D eigenvalue weighted by Crippen LogP contribution is -1.87. The van der Waals surface area contributed by atoms with E-state index in [-0.39, 0.29) is 0 Å². The van der Waals surface area contributed by atoms with Crippen molar-refractivity contribution in [3.63, 3.8) is 0 Å². The lowest BCUT2D eigenvalue weighted by molar-refractivity contribution is -0.742. The van der Waals surface area contributed by atoms with Gasteiger partial charge in [-0.3, -0.25) is 0 Å². The number of rotatable bonds is 2. The Bertz CT molecular complexity index is 272. The molecule has 0 unspecified atom stereocenters. The van der Waals surface area contributed by atoms with E-state index in [0.717, 1.165) is 23.8 Å². The topological polar surface area (TPSA) is 101 Å². The van der Waals surface area contributed by atoms with E-state index in [1.807, 2.05) is 6.92 Å². The number of aromatic amines is 1. The first-order valence-electron chi connectivity index (χ1n) is 3.94. The Morgan fingerprint density at radius 3 is 2.50 bits per heavy atom. The molecule has 0 spiro atoms. The maximum Gasteiger partial charge on any atom is 0.291 e. The van der Waals surface area contributed by atoms with Crippen molar-refractivity contribution in [3.8, 4) is 5.88 Å². The van der Waals surface area contributed by atoms with Crippen molar-refractivity contribution >= 4 is 0 Å². The van der Waals surface area contributed by atoms with Crippen LogP contribution in [0.2, 0.25) is 0 Å². The van der Waals surface area contributed by atoms with Crippen molar-refractivity contribution in [1.82, 2.24) is 9.97 Å². The van der Waals surface area contributed by atoms with Gasteiger partial charge in [-0.25, -0.2) is 0 Å². The number of ether oxygens (including phenoxy) is 1. The van der Waals surface area contributed by atoms with Gasteiger partial charge in [0.15, 0.2) is 0 Å². The molecule has 0 aliphatic heterocycles. The Hall–Kier alpha value is -1.79. The molecule has 0 fully saturated rings. The van der Waals surface area contributed by atoms with Gasteiger partial charge in [-0.15, -0.1) is 10.1 Å². The van der Waals surface area contributed by atoms with Crippen LogP contribution in [-0.4, -0.2) is 27.4 Å². The number of hydrogen-bond acceptors (Lipinski definition) is 4. The molecule has 0 atom stereocenters. The van der Waals surface area contributed by atoms with Crippen molar-refractivity contribution in [3.05, 3.63) is 21.6 Å². The molecule has 2 N–H and O–H groups in total. The summed E-state index contributed by atoms with van der Waals surface area (Å²) in [6, 6.07) is 0. The molecule has 1 heterocycles. The fourth-order valence-electron chi connectivity index (χ4n) is 0.928. The fraction of sp³-hybridized carbons (Fsp3) is 0.571. The van der Waals surface area contributed by atoms with E-state index in [1.165, 1.54) is 0 Å². The third-order valence-electron chi connectivity index (χ3n) is 1.41. The van der Waals surface area contributed by atoms with Crippen molar-refractivity contribution in [2.75, 3.05) is 7.11 Å². The highest BCUT2D eigenvalue weighted by Crippen LogP contribution is 2.13. The van der Waals surface area contributed by atoms with Crippen molar-refractivity contribution in [2.45, 2.75) is 20.3 Å². The van der Waals surface area contributed by atoms with E-state index in [2.05, 4.69) is 16.9 Å². The minimum Gasteiger partial charge on any atom is -0.480 e. The van der Waals surface area contributed by atoms with Crippen LogP contribution in [0.15, 0.2) is 0 Å². The summed E-state index contributed by atoms with van der Waals surface area (Å²) < 4.78 is 5.01. The number of aryl methyl sites for hydroxylation is 2. The van der Waals surface area contributed by atoms with Gasteiger partial charge in [-0.1, -0.05) is 6.92 Å². The van der Waals surface area contributed by atoms with Crippen molar-refractivity contribution in [1.29, 1.82) is 0 Å². The zero-order valence-corrected chi connectivity index (χ0v) is 8.27. The summed E-state index contributed by atoms with van der Waals surface area (Å²) in [5.41, 5.74) is 1.07. The SMILES string of the molecule is CCc1[nH]c(C)nc1OC.O=[N+]([O-])O. The van der Waals surface area contributed by atoms with Crippen LogP contribution < -0.4 is 4.74 Å². The maximum atomic E-state index is 8.36. The smallest absolute Gasteiger partial charge is 0.291 e. The number of H-pyrrole nitrogens is 1. The van der Waals surface area contributed by atoms with Gasteiger partial charge in [0.1, 0.15) is 5.82 Å². The normalized spacial score (nSPS) is 8.79. The van der Waals surface area contributed by atoms with Gasteiger partial charge < -0.3 is 14.9 Å². The summed E-state index contributed by atoms with van der Waals surface area (Å²) in [7, 11) is 1.63. The van der Waals surface area contributed by atoms with E-state index in [9.17, 15) is 0 Å². The number of nitrogens with zero attached hydrogens (tertiary/aromatic N) is 2. The predicted octanol–water partition coefficient (Wildman–Crippen LogP) is 0.941. The predicted molar refractivity (Wildman–Crippen MR) is 48.0 cm³/mol. The Morgan fingerprint density at radius 2 is 2.21 bits per heavy atom. The number of imidazole rings is 1. The van der Waals surface area contributed by atoms with Crippen LogP contribution in [0.5, 0.6) is 5.88 Å². The Morgan fingerprint density at radius 1 is 1.71 bits per heavy atom. The molecule has 0 radical (unpaired) electrons. The number of nitrogens with one attached hydrogen (secondary N) is 1. The van der Waals surface area contributed by atoms with Crippen LogP contribution in [-0.2, 0) is 6.42 Å². The molecule has 1 rings (SSSR count). The summed E-state index contributed by atoms with van der Waals surface area (Å²) in [5.74, 6) is 1.63. The lowest BCUT2D eigenvalue weighted by atomic mass is 10.4. The molecule has 7 nitrogen and oxygen atoms in total. The highest BCUT2D eigenvalue weighted by Gasteiger charge is 2.04. The number of aromatic nitrogens is 2. The third kappa shape index (κ3) is 4.29. The maximum absolute atomic E-state index is 8.36. The average Bonchev–Trinajstić information content (AvgIpc) is 2.45. The molecule has 0 aliphatic carbocycles. The average molecular weight is 203 g/mol. The highest BCUT2D eigenvalue weighted by atomic mass is 16.9. The molecular weight excluding hydrogens is 190 g/mol. The van der Waals surface area contributed by atoms with Crippen LogP contribution in [0.1, 0.15) is 18.4 Å². The molecule has 0 saturated heterocycles. The summed E-state index contributed by atoms with van der Waals surface area (Å²) >= 11 is 0. The zero-order valence-electron chi connectivity index (χ0n) is 8.27. The second-order valence-electron chi connectivity index (χ2n) is 2.40. The molecule has 0 aliphatic rings. The molecule has 1 aromatic rings. The van der Waals surface area contributed by atoms with Crippen LogP contribution >= 0.6 is 0 Å². The highest BCUT2D eigenvalue weighted by molar-refractivity contribution is 5.20. The molecule has 0 saturated carbocycles. The van der Waals surface area contributed by atoms with Crippen molar-refractivity contribution < 1.29 is 15.0 Å². The van der Waals surface area contributed by atoms with Crippen LogP contribution in [0, 0.1) is 17.0 Å². The van der Waals surface area contributed by atoms with Gasteiger partial charge in [0.05, 0.1) is 12.8 Å². The van der Waals surface area contributed by atoms with Crippen LogP contribution in [0.3, 0.4) is 0 Å². The van der Waals surface area contributed by atoms with Crippen LogP contribution in [0.25, 0.3) is 0 Å². The molecule has 1 aromatic heterocycles. The van der Waals surface area contributed by atoms with Gasteiger partial charge in [0.25, 0.3) is 5.09 Å². The molecule has 7 heteroatoms. The Balaban J connectivity index is 0.000000364. The van der Waals surface area contributed by atoms with E-state index >= 15 is 0 Å². The van der Waals surface area contributed by atoms with E-state index in [4.69, 9.17) is 20.1 Å². The minimum absolute atomic E-state index is 0.722. The van der Waals surface area contributed by atoms with Gasteiger partial charge >= 0.3 is 0 Å². The molecule has 0 bridgehead atoms. The van der Waals surface area contributed by atoms with Gasteiger partial charge in [-0.05, 0) is 13.3 Å². The summed E-state index contributed by atoms with van der Waals surface area (Å²) in [6.07, 6.45) is 0.935. The zero-order chi connectivity index (χ0) is 11.1. The molecule has 14 heavy (non-hydrogen) atoms. The minimum atomic E-state index is -1.50. The van der Waals surface area contributed by atoms with Gasteiger partial charge in [0.2, 0.25) is 5.88 Å². The van der Waals surface area contributed by atoms with E-state index in [0.29, 0.717) is 0 Å².